The molecule has 0 aromatic heterocycles. The topological polar surface area (TPSA) is 26.0 Å². The van der Waals surface area contributed by atoms with Gasteiger partial charge in [-0.2, -0.15) is 13.8 Å². The van der Waals surface area contributed by atoms with Crippen LogP contribution in [0.15, 0.2) is 0 Å². The van der Waals surface area contributed by atoms with Gasteiger partial charge >= 0.3 is 46.9 Å². The maximum absolute atomic E-state index is 5.11. The van der Waals surface area contributed by atoms with Crippen molar-refractivity contribution in [2.24, 2.45) is 5.73 Å². The van der Waals surface area contributed by atoms with Gasteiger partial charge in [-0.25, -0.2) is 0 Å². The molecule has 0 fully saturated rings. The summed E-state index contributed by atoms with van der Waals surface area (Å²) in [4.78, 5) is 0. The van der Waals surface area contributed by atoms with Gasteiger partial charge in [0, 0.05) is 0 Å². The molecule has 0 saturated carbocycles. The molecule has 0 saturated heterocycles. The third kappa shape index (κ3) is 311. The van der Waals surface area contributed by atoms with Crippen LogP contribution in [-0.4, -0.2) is 6.04 Å². The zero-order valence-electron chi connectivity index (χ0n) is 7.00. The maximum atomic E-state index is 5.11. The van der Waals surface area contributed by atoms with E-state index in [4.69, 9.17) is 5.73 Å². The zero-order valence-corrected chi connectivity index (χ0v) is 8.71. The second-order valence-electron chi connectivity index (χ2n) is 1.82. The number of hydrogen-bond acceptors (Lipinski definition) is 1. The Kier molecular flexibility index (Phi) is 94.2. The van der Waals surface area contributed by atoms with E-state index in [1.165, 1.54) is 0 Å². The van der Waals surface area contributed by atoms with Crippen LogP contribution in [0, 0.1) is 60.8 Å². The average Bonchev–Trinajstić information content (AvgIpc) is 1.33. The normalized spacial score (nSPS) is 5.40. The van der Waals surface area contributed by atoms with Gasteiger partial charge in [0.05, 0.1) is 0 Å². The van der Waals surface area contributed by atoms with Crippen molar-refractivity contribution in [1.29, 1.82) is 0 Å². The average molecular weight is 306 g/mol. The van der Waals surface area contributed by atoms with E-state index in [1.54, 1.807) is 0 Å². The van der Waals surface area contributed by atoms with E-state index < -0.39 is 0 Å². The fraction of sp³-hybridized carbons (Fsp3) is 0.750. The molecule has 0 aromatic rings. The van der Waals surface area contributed by atoms with Gasteiger partial charge in [-0.15, -0.1) is 0 Å². The number of rotatable bonds is 0. The van der Waals surface area contributed by atoms with Crippen LogP contribution in [0.2, 0.25) is 0 Å². The monoisotopic (exact) mass is 307 g/mol. The summed E-state index contributed by atoms with van der Waals surface area (Å²) in [6.45, 7) is 7.89. The summed E-state index contributed by atoms with van der Waals surface area (Å²) in [5, 5.41) is 0. The molecule has 2 N–H and O–H groups in total. The molecule has 0 rings (SSSR count). The SMILES string of the molecule is C.CC(C)N.C[CH-]C.[CH3-].[Yb+2]. The molecule has 0 spiro atoms. The second kappa shape index (κ2) is 31.4. The molecule has 10 heavy (non-hydrogen) atoms. The third-order valence-corrected chi connectivity index (χ3v) is 0. The van der Waals surface area contributed by atoms with Crippen molar-refractivity contribution < 1.29 is 46.9 Å². The first-order valence-corrected chi connectivity index (χ1v) is 2.64. The summed E-state index contributed by atoms with van der Waals surface area (Å²) in [5.74, 6) is 0. The molecular weight excluding hydrogens is 283 g/mol. The summed E-state index contributed by atoms with van der Waals surface area (Å²) in [6, 6.07) is 0.333. The first kappa shape index (κ1) is 30.0. The zero-order chi connectivity index (χ0) is 6.28. The van der Waals surface area contributed by atoms with E-state index >= 15 is 0 Å². The molecule has 0 aliphatic heterocycles. The summed E-state index contributed by atoms with van der Waals surface area (Å²) in [6.07, 6.45) is 2.00. The van der Waals surface area contributed by atoms with E-state index in [0.29, 0.717) is 6.04 Å². The fourth-order valence-corrected chi connectivity index (χ4v) is 0. The van der Waals surface area contributed by atoms with Gasteiger partial charge in [-0.3, -0.25) is 0 Å². The molecule has 74 valence electrons. The Labute approximate surface area is 106 Å². The van der Waals surface area contributed by atoms with Gasteiger partial charge in [-0.05, 0) is 6.04 Å². The van der Waals surface area contributed by atoms with Crippen LogP contribution in [0.3, 0.4) is 0 Å². The Morgan fingerprint density at radius 3 is 1.20 bits per heavy atom. The summed E-state index contributed by atoms with van der Waals surface area (Å²) in [5.41, 5.74) is 5.11. The Hall–Kier alpha value is 1.48. The number of nitrogens with two attached hydrogens (primary N) is 1. The Balaban J connectivity index is -0.0000000131. The molecular formula is C8H23NYb. The summed E-state index contributed by atoms with van der Waals surface area (Å²) >= 11 is 0. The van der Waals surface area contributed by atoms with Crippen molar-refractivity contribution in [1.82, 2.24) is 0 Å². The molecule has 0 unspecified atom stereocenters. The van der Waals surface area contributed by atoms with Crippen molar-refractivity contribution in [2.45, 2.75) is 41.2 Å². The van der Waals surface area contributed by atoms with Crippen molar-refractivity contribution in [2.75, 3.05) is 0 Å². The standard InChI is InChI=1S/C3H9N.C3H7.CH4.CH3.Yb/c1-3(2)4;1-3-2;;;/h3H,4H2,1-2H3;3H,1-2H3;1H4;1H3;/q;-1;;-1;+2. The molecule has 0 amide bonds. The fourth-order valence-electron chi connectivity index (χ4n) is 0. The van der Waals surface area contributed by atoms with Gasteiger partial charge in [-0.1, -0.05) is 21.3 Å². The molecule has 2 heteroatoms. The van der Waals surface area contributed by atoms with E-state index in [2.05, 4.69) is 0 Å². The van der Waals surface area contributed by atoms with Gasteiger partial charge < -0.3 is 19.6 Å². The molecule has 0 aliphatic rings. The van der Waals surface area contributed by atoms with Gasteiger partial charge in [0.2, 0.25) is 0 Å². The minimum absolute atomic E-state index is 0. The van der Waals surface area contributed by atoms with Gasteiger partial charge in [0.25, 0.3) is 0 Å². The molecule has 0 atom stereocenters. The second-order valence-corrected chi connectivity index (χ2v) is 1.82. The Bertz CT molecular complexity index is 20.5. The van der Waals surface area contributed by atoms with E-state index in [-0.39, 0.29) is 61.8 Å². The Morgan fingerprint density at radius 1 is 1.20 bits per heavy atom. The molecule has 0 aliphatic carbocycles. The minimum atomic E-state index is 0. The van der Waals surface area contributed by atoms with Crippen LogP contribution in [0.4, 0.5) is 0 Å². The van der Waals surface area contributed by atoms with Gasteiger partial charge in [0.15, 0.2) is 0 Å². The van der Waals surface area contributed by atoms with E-state index in [9.17, 15) is 0 Å². The van der Waals surface area contributed by atoms with Gasteiger partial charge in [0.1, 0.15) is 0 Å². The molecule has 0 radical (unpaired) electrons. The predicted molar refractivity (Wildman–Crippen MR) is 48.1 cm³/mol. The largest absolute Gasteiger partial charge is 2.00 e. The molecule has 1 nitrogen and oxygen atoms in total. The van der Waals surface area contributed by atoms with E-state index in [1.807, 2.05) is 34.1 Å². The van der Waals surface area contributed by atoms with E-state index in [0.717, 1.165) is 0 Å². The van der Waals surface area contributed by atoms with Crippen LogP contribution in [0.5, 0.6) is 0 Å². The quantitative estimate of drug-likeness (QED) is 0.684. The maximum Gasteiger partial charge on any atom is 2.00 e. The van der Waals surface area contributed by atoms with Crippen molar-refractivity contribution in [3.8, 4) is 0 Å². The minimum Gasteiger partial charge on any atom is -0.358 e. The number of hydrogen-bond donors (Lipinski definition) is 1. The Morgan fingerprint density at radius 2 is 1.20 bits per heavy atom. The molecule has 0 bridgehead atoms. The predicted octanol–water partition coefficient (Wildman–Crippen LogP) is 2.67. The molecule has 0 aromatic carbocycles. The first-order valence-electron chi connectivity index (χ1n) is 2.64. The van der Waals surface area contributed by atoms with Crippen LogP contribution >= 0.6 is 0 Å². The third-order valence-electron chi connectivity index (χ3n) is 0. The smallest absolute Gasteiger partial charge is 0.358 e. The van der Waals surface area contributed by atoms with Crippen LogP contribution in [-0.2, 0) is 0 Å². The van der Waals surface area contributed by atoms with Crippen molar-refractivity contribution >= 4 is 0 Å². The summed E-state index contributed by atoms with van der Waals surface area (Å²) < 4.78 is 0. The van der Waals surface area contributed by atoms with Crippen LogP contribution < -0.4 is 5.73 Å². The van der Waals surface area contributed by atoms with Crippen LogP contribution in [0.25, 0.3) is 0 Å². The summed E-state index contributed by atoms with van der Waals surface area (Å²) in [7, 11) is 0. The van der Waals surface area contributed by atoms with Crippen molar-refractivity contribution in [3.63, 3.8) is 0 Å². The molecule has 0 heterocycles. The van der Waals surface area contributed by atoms with Crippen LogP contribution in [0.1, 0.15) is 35.1 Å². The first-order chi connectivity index (χ1) is 3.15. The van der Waals surface area contributed by atoms with Crippen molar-refractivity contribution in [3.05, 3.63) is 13.8 Å².